The van der Waals surface area contributed by atoms with Crippen molar-refractivity contribution in [2.75, 3.05) is 5.73 Å². The van der Waals surface area contributed by atoms with Gasteiger partial charge in [0.15, 0.2) is 5.65 Å². The maximum atomic E-state index is 12.0. The highest BCUT2D eigenvalue weighted by molar-refractivity contribution is 5.77. The molecule has 0 unspecified atom stereocenters. The number of para-hydroxylation sites is 1. The van der Waals surface area contributed by atoms with E-state index in [1.54, 1.807) is 30.3 Å². The fourth-order valence-electron chi connectivity index (χ4n) is 1.94. The Balaban J connectivity index is 2.51. The molecule has 0 fully saturated rings. The van der Waals surface area contributed by atoms with Gasteiger partial charge in [0.2, 0.25) is 0 Å². The van der Waals surface area contributed by atoms with Crippen molar-refractivity contribution in [2.24, 2.45) is 0 Å². The molecule has 0 bridgehead atoms. The highest BCUT2D eigenvalue weighted by Gasteiger charge is 2.10. The van der Waals surface area contributed by atoms with E-state index in [1.807, 2.05) is 6.07 Å². The number of nitrogens with one attached hydrogen (secondary N) is 1. The van der Waals surface area contributed by atoms with E-state index in [4.69, 9.17) is 5.73 Å². The van der Waals surface area contributed by atoms with Crippen molar-refractivity contribution in [1.29, 1.82) is 0 Å². The Kier molecular flexibility index (Phi) is 2.42. The van der Waals surface area contributed by atoms with Gasteiger partial charge in [0.1, 0.15) is 5.82 Å². The molecular weight excluding hydrogens is 244 g/mol. The highest BCUT2D eigenvalue weighted by Crippen LogP contribution is 2.12. The lowest BCUT2D eigenvalue weighted by molar-refractivity contribution is 0.927. The molecule has 3 N–H and O–H groups in total. The maximum Gasteiger partial charge on any atom is 0.334 e. The number of anilines is 1. The molecule has 2 aromatic heterocycles. The van der Waals surface area contributed by atoms with Gasteiger partial charge in [0.25, 0.3) is 5.56 Å². The highest BCUT2D eigenvalue weighted by atomic mass is 16.2. The molecule has 0 aliphatic rings. The Morgan fingerprint density at radius 2 is 1.79 bits per heavy atom. The quantitative estimate of drug-likeness (QED) is 0.667. The average Bonchev–Trinajstić information content (AvgIpc) is 2.39. The lowest BCUT2D eigenvalue weighted by Gasteiger charge is -2.08. The number of benzene rings is 1. The Bertz CT molecular complexity index is 865. The minimum absolute atomic E-state index is 0.250. The van der Waals surface area contributed by atoms with Crippen molar-refractivity contribution in [3.05, 3.63) is 63.3 Å². The topological polar surface area (TPSA) is 93.8 Å². The molecule has 19 heavy (non-hydrogen) atoms. The molecule has 0 saturated carbocycles. The Morgan fingerprint density at radius 3 is 2.53 bits per heavy atom. The van der Waals surface area contributed by atoms with E-state index >= 15 is 0 Å². The van der Waals surface area contributed by atoms with Crippen molar-refractivity contribution in [2.45, 2.75) is 0 Å². The van der Waals surface area contributed by atoms with E-state index in [2.05, 4.69) is 9.97 Å². The van der Waals surface area contributed by atoms with Crippen molar-refractivity contribution in [3.8, 4) is 5.69 Å². The molecule has 3 rings (SSSR count). The number of rotatable bonds is 1. The third-order valence-corrected chi connectivity index (χ3v) is 2.79. The third kappa shape index (κ3) is 1.79. The van der Waals surface area contributed by atoms with Gasteiger partial charge in [-0.3, -0.25) is 9.78 Å². The molecule has 0 saturated heterocycles. The summed E-state index contributed by atoms with van der Waals surface area (Å²) in [4.78, 5) is 30.1. The van der Waals surface area contributed by atoms with Crippen molar-refractivity contribution in [1.82, 2.24) is 14.5 Å². The van der Waals surface area contributed by atoms with Crippen LogP contribution in [0.5, 0.6) is 0 Å². The average molecular weight is 254 g/mol. The zero-order chi connectivity index (χ0) is 13.4. The molecule has 3 aromatic rings. The molecule has 0 radical (unpaired) electrons. The summed E-state index contributed by atoms with van der Waals surface area (Å²) < 4.78 is 1.33. The molecule has 6 nitrogen and oxygen atoms in total. The van der Waals surface area contributed by atoms with Crippen LogP contribution in [-0.2, 0) is 0 Å². The zero-order valence-electron chi connectivity index (χ0n) is 9.83. The first-order valence-corrected chi connectivity index (χ1v) is 5.64. The fraction of sp³-hybridized carbons (Fsp3) is 0. The molecular formula is C13H10N4O2. The number of H-pyrrole nitrogens is 1. The van der Waals surface area contributed by atoms with Crippen LogP contribution in [0, 0.1) is 0 Å². The summed E-state index contributed by atoms with van der Waals surface area (Å²) in [5.74, 6) is 0.252. The summed E-state index contributed by atoms with van der Waals surface area (Å²) in [7, 11) is 0. The number of aromatic nitrogens is 3. The number of hydrogen-bond acceptors (Lipinski definition) is 4. The number of hydrogen-bond donors (Lipinski definition) is 2. The predicted octanol–water partition coefficient (Wildman–Crippen LogP) is 0.656. The summed E-state index contributed by atoms with van der Waals surface area (Å²) in [6, 6.07) is 12.0. The number of nitrogens with two attached hydrogens (primary N) is 1. The van der Waals surface area contributed by atoms with Gasteiger partial charge in [-0.15, -0.1) is 0 Å². The van der Waals surface area contributed by atoms with Crippen LogP contribution in [-0.4, -0.2) is 14.5 Å². The first kappa shape index (κ1) is 11.2. The first-order valence-electron chi connectivity index (χ1n) is 5.64. The van der Waals surface area contributed by atoms with Gasteiger partial charge in [-0.1, -0.05) is 18.2 Å². The normalized spacial score (nSPS) is 10.7. The van der Waals surface area contributed by atoms with E-state index in [-0.39, 0.29) is 11.5 Å². The number of pyridine rings is 1. The molecule has 6 heteroatoms. The predicted molar refractivity (Wildman–Crippen MR) is 72.4 cm³/mol. The third-order valence-electron chi connectivity index (χ3n) is 2.79. The van der Waals surface area contributed by atoms with E-state index in [0.29, 0.717) is 11.1 Å². The van der Waals surface area contributed by atoms with Gasteiger partial charge in [-0.25, -0.2) is 14.3 Å². The SMILES string of the molecule is Nc1ccc2c(=O)[nH]c(=O)n(-c3ccccc3)c2n1. The molecule has 0 amide bonds. The van der Waals surface area contributed by atoms with Gasteiger partial charge < -0.3 is 5.73 Å². The number of nitrogens with zero attached hydrogens (tertiary/aromatic N) is 2. The van der Waals surface area contributed by atoms with Crippen LogP contribution in [0.1, 0.15) is 0 Å². The minimum Gasteiger partial charge on any atom is -0.384 e. The summed E-state index contributed by atoms with van der Waals surface area (Å²) in [6.45, 7) is 0. The maximum absolute atomic E-state index is 12.0. The second kappa shape index (κ2) is 4.09. The van der Waals surface area contributed by atoms with Gasteiger partial charge in [0.05, 0.1) is 11.1 Å². The standard InChI is InChI=1S/C13H10N4O2/c14-10-7-6-9-11(15-10)17(13(19)16-12(9)18)8-4-2-1-3-5-8/h1-7H,(H2,14,15)(H,16,18,19). The Hall–Kier alpha value is -2.89. The van der Waals surface area contributed by atoms with Crippen LogP contribution in [0.15, 0.2) is 52.1 Å². The minimum atomic E-state index is -0.540. The second-order valence-electron chi connectivity index (χ2n) is 4.04. The van der Waals surface area contributed by atoms with E-state index in [9.17, 15) is 9.59 Å². The molecule has 0 aliphatic carbocycles. The van der Waals surface area contributed by atoms with Gasteiger partial charge >= 0.3 is 5.69 Å². The largest absolute Gasteiger partial charge is 0.384 e. The summed E-state index contributed by atoms with van der Waals surface area (Å²) >= 11 is 0. The molecule has 2 heterocycles. The van der Waals surface area contributed by atoms with Gasteiger partial charge in [-0.2, -0.15) is 0 Å². The summed E-state index contributed by atoms with van der Waals surface area (Å²) in [5.41, 5.74) is 5.49. The second-order valence-corrected chi connectivity index (χ2v) is 4.04. The number of aromatic amines is 1. The Labute approximate surface area is 107 Å². The number of fused-ring (bicyclic) bond motifs is 1. The van der Waals surface area contributed by atoms with Crippen LogP contribution in [0.3, 0.4) is 0 Å². The first-order chi connectivity index (χ1) is 9.16. The van der Waals surface area contributed by atoms with E-state index in [1.165, 1.54) is 10.6 Å². The molecule has 0 atom stereocenters. The summed E-state index contributed by atoms with van der Waals surface area (Å²) in [6.07, 6.45) is 0. The number of nitrogen functional groups attached to an aromatic ring is 1. The van der Waals surface area contributed by atoms with Crippen molar-refractivity contribution < 1.29 is 0 Å². The van der Waals surface area contributed by atoms with Gasteiger partial charge in [0, 0.05) is 0 Å². The monoisotopic (exact) mass is 254 g/mol. The fourth-order valence-corrected chi connectivity index (χ4v) is 1.94. The van der Waals surface area contributed by atoms with E-state index in [0.717, 1.165) is 0 Å². The smallest absolute Gasteiger partial charge is 0.334 e. The lowest BCUT2D eigenvalue weighted by Crippen LogP contribution is -2.29. The van der Waals surface area contributed by atoms with Crippen LogP contribution in [0.25, 0.3) is 16.7 Å². The Morgan fingerprint density at radius 1 is 1.05 bits per heavy atom. The van der Waals surface area contributed by atoms with Crippen LogP contribution >= 0.6 is 0 Å². The van der Waals surface area contributed by atoms with Gasteiger partial charge in [-0.05, 0) is 24.3 Å². The molecule has 0 spiro atoms. The summed E-state index contributed by atoms with van der Waals surface area (Å²) in [5, 5.41) is 0.317. The van der Waals surface area contributed by atoms with Crippen LogP contribution < -0.4 is 17.0 Å². The lowest BCUT2D eigenvalue weighted by atomic mass is 10.3. The molecule has 1 aromatic carbocycles. The van der Waals surface area contributed by atoms with E-state index < -0.39 is 11.2 Å². The molecule has 0 aliphatic heterocycles. The van der Waals surface area contributed by atoms with Crippen molar-refractivity contribution >= 4 is 16.9 Å². The van der Waals surface area contributed by atoms with Crippen molar-refractivity contribution in [3.63, 3.8) is 0 Å². The van der Waals surface area contributed by atoms with Crippen LogP contribution in [0.2, 0.25) is 0 Å². The van der Waals surface area contributed by atoms with Crippen LogP contribution in [0.4, 0.5) is 5.82 Å². The zero-order valence-corrected chi connectivity index (χ0v) is 9.83. The molecule has 94 valence electrons.